The lowest BCUT2D eigenvalue weighted by Crippen LogP contribution is -2.41. The van der Waals surface area contributed by atoms with E-state index in [1.165, 1.54) is 0 Å². The van der Waals surface area contributed by atoms with Crippen LogP contribution in [0.1, 0.15) is 23.1 Å². The third-order valence-electron chi connectivity index (χ3n) is 4.78. The van der Waals surface area contributed by atoms with Crippen molar-refractivity contribution in [3.63, 3.8) is 0 Å². The maximum atomic E-state index is 13.9. The number of rotatable bonds is 2. The summed E-state index contributed by atoms with van der Waals surface area (Å²) >= 11 is 0. The molecule has 0 spiro atoms. The number of halogens is 4. The third kappa shape index (κ3) is 3.37. The number of aryl methyl sites for hydroxylation is 1. The molecule has 2 amide bonds. The van der Waals surface area contributed by atoms with E-state index in [2.05, 4.69) is 20.5 Å². The number of fused-ring (bicyclic) bond motifs is 3. The number of aromatic nitrogens is 3. The minimum Gasteiger partial charge on any atom is -0.335 e. The minimum absolute atomic E-state index is 0.306. The van der Waals surface area contributed by atoms with Crippen molar-refractivity contribution in [2.24, 2.45) is 0 Å². The average Bonchev–Trinajstić information content (AvgIpc) is 3.11. The van der Waals surface area contributed by atoms with Crippen LogP contribution in [0.5, 0.6) is 0 Å². The van der Waals surface area contributed by atoms with Crippen LogP contribution in [0, 0.1) is 5.82 Å². The topological polar surface area (TPSA) is 82.7 Å². The number of amides is 2. The lowest BCUT2D eigenvalue weighted by atomic mass is 9.88. The average molecular weight is 393 g/mol. The molecule has 0 radical (unpaired) electrons. The first kappa shape index (κ1) is 18.2. The molecule has 3 N–H and O–H groups in total. The molecule has 4 rings (SSSR count). The monoisotopic (exact) mass is 393 g/mol. The van der Waals surface area contributed by atoms with Gasteiger partial charge in [-0.15, -0.1) is 0 Å². The summed E-state index contributed by atoms with van der Waals surface area (Å²) in [5.74, 6) is -1.15. The predicted molar refractivity (Wildman–Crippen MR) is 93.3 cm³/mol. The van der Waals surface area contributed by atoms with Crippen LogP contribution in [-0.2, 0) is 19.0 Å². The Kier molecular flexibility index (Phi) is 4.40. The summed E-state index contributed by atoms with van der Waals surface area (Å²) in [4.78, 5) is 16.5. The van der Waals surface area contributed by atoms with Gasteiger partial charge < -0.3 is 10.6 Å². The highest BCUT2D eigenvalue weighted by Gasteiger charge is 2.35. The molecule has 1 atom stereocenters. The van der Waals surface area contributed by atoms with Gasteiger partial charge in [0.15, 0.2) is 5.65 Å². The van der Waals surface area contributed by atoms with Crippen molar-refractivity contribution in [1.29, 1.82) is 0 Å². The number of nitrogens with one attached hydrogen (secondary N) is 3. The summed E-state index contributed by atoms with van der Waals surface area (Å²) in [5, 5.41) is 12.3. The van der Waals surface area contributed by atoms with Crippen LogP contribution in [-0.4, -0.2) is 27.3 Å². The molecule has 10 heteroatoms. The van der Waals surface area contributed by atoms with E-state index in [9.17, 15) is 22.4 Å². The lowest BCUT2D eigenvalue weighted by molar-refractivity contribution is -0.137. The molecule has 0 saturated heterocycles. The number of alkyl halides is 3. The largest absolute Gasteiger partial charge is 0.418 e. The molecule has 0 bridgehead atoms. The standard InChI is InChI=1S/C18H15F4N5O/c19-14-3-1-2-13(18(20,21)22)15(14)26-17(28)25-10-4-5-11-9(6-10)7-23-16-12(11)8-24-27-16/h1-3,7-8,10H,4-6H2,(H,23,24,27)(H2,25,26,28). The van der Waals surface area contributed by atoms with Crippen LogP contribution >= 0.6 is 0 Å². The summed E-state index contributed by atoms with van der Waals surface area (Å²) < 4.78 is 53.0. The highest BCUT2D eigenvalue weighted by atomic mass is 19.4. The van der Waals surface area contributed by atoms with Crippen LogP contribution < -0.4 is 10.6 Å². The number of hydrogen-bond acceptors (Lipinski definition) is 3. The van der Waals surface area contributed by atoms with E-state index in [1.807, 2.05) is 5.32 Å². The van der Waals surface area contributed by atoms with Crippen molar-refractivity contribution < 1.29 is 22.4 Å². The first-order valence-electron chi connectivity index (χ1n) is 8.56. The minimum atomic E-state index is -4.78. The fourth-order valence-electron chi connectivity index (χ4n) is 3.49. The Morgan fingerprint density at radius 1 is 1.25 bits per heavy atom. The van der Waals surface area contributed by atoms with Gasteiger partial charge >= 0.3 is 12.2 Å². The zero-order valence-electron chi connectivity index (χ0n) is 14.4. The summed E-state index contributed by atoms with van der Waals surface area (Å²) in [5.41, 5.74) is 0.591. The van der Waals surface area contributed by atoms with E-state index in [-0.39, 0.29) is 6.04 Å². The Hall–Kier alpha value is -3.17. The molecule has 0 fully saturated rings. The smallest absolute Gasteiger partial charge is 0.335 e. The van der Waals surface area contributed by atoms with Gasteiger partial charge in [0.05, 0.1) is 17.4 Å². The van der Waals surface area contributed by atoms with Gasteiger partial charge in [-0.2, -0.15) is 18.3 Å². The van der Waals surface area contributed by atoms with Gasteiger partial charge in [0.1, 0.15) is 5.82 Å². The van der Waals surface area contributed by atoms with E-state index in [4.69, 9.17) is 0 Å². The molecule has 3 aromatic rings. The van der Waals surface area contributed by atoms with Crippen molar-refractivity contribution in [3.8, 4) is 0 Å². The molecule has 146 valence electrons. The Bertz CT molecular complexity index is 1050. The van der Waals surface area contributed by atoms with Crippen LogP contribution in [0.3, 0.4) is 0 Å². The van der Waals surface area contributed by atoms with Crippen LogP contribution in [0.4, 0.5) is 28.0 Å². The van der Waals surface area contributed by atoms with Gasteiger partial charge in [-0.05, 0) is 42.5 Å². The first-order valence-corrected chi connectivity index (χ1v) is 8.56. The number of benzene rings is 1. The van der Waals surface area contributed by atoms with Crippen LogP contribution in [0.2, 0.25) is 0 Å². The molecule has 2 aromatic heterocycles. The van der Waals surface area contributed by atoms with Gasteiger partial charge in [-0.1, -0.05) is 6.07 Å². The highest BCUT2D eigenvalue weighted by Crippen LogP contribution is 2.36. The Morgan fingerprint density at radius 2 is 2.07 bits per heavy atom. The second kappa shape index (κ2) is 6.77. The fourth-order valence-corrected chi connectivity index (χ4v) is 3.49. The molecule has 1 aliphatic rings. The first-order chi connectivity index (χ1) is 13.3. The number of urea groups is 1. The number of carbonyl (C=O) groups is 1. The molecule has 1 aromatic carbocycles. The van der Waals surface area contributed by atoms with Crippen molar-refractivity contribution >= 4 is 22.8 Å². The number of nitrogens with zero attached hydrogens (tertiary/aromatic N) is 2. The quantitative estimate of drug-likeness (QED) is 0.580. The second-order valence-electron chi connectivity index (χ2n) is 6.59. The summed E-state index contributed by atoms with van der Waals surface area (Å²) in [7, 11) is 0. The summed E-state index contributed by atoms with van der Waals surface area (Å²) in [6.45, 7) is 0. The van der Waals surface area contributed by atoms with E-state index in [1.54, 1.807) is 12.4 Å². The SMILES string of the molecule is O=C(Nc1c(F)cccc1C(F)(F)F)NC1CCc2c(cnc3[nH]ncc23)C1. The highest BCUT2D eigenvalue weighted by molar-refractivity contribution is 5.90. The van der Waals surface area contributed by atoms with Crippen molar-refractivity contribution in [3.05, 3.63) is 53.1 Å². The van der Waals surface area contributed by atoms with Gasteiger partial charge in [-0.3, -0.25) is 5.10 Å². The molecular formula is C18H15F4N5O. The third-order valence-corrected chi connectivity index (χ3v) is 4.78. The molecular weight excluding hydrogens is 378 g/mol. The second-order valence-corrected chi connectivity index (χ2v) is 6.59. The predicted octanol–water partition coefficient (Wildman–Crippen LogP) is 3.79. The maximum Gasteiger partial charge on any atom is 0.418 e. The Labute approximate surface area is 156 Å². The maximum absolute atomic E-state index is 13.9. The molecule has 28 heavy (non-hydrogen) atoms. The van der Waals surface area contributed by atoms with Gasteiger partial charge in [0.2, 0.25) is 0 Å². The summed E-state index contributed by atoms with van der Waals surface area (Å²) in [6, 6.07) is 1.34. The van der Waals surface area contributed by atoms with Crippen molar-refractivity contribution in [1.82, 2.24) is 20.5 Å². The number of para-hydroxylation sites is 1. The van der Waals surface area contributed by atoms with E-state index >= 15 is 0 Å². The van der Waals surface area contributed by atoms with Gasteiger partial charge in [0, 0.05) is 17.6 Å². The van der Waals surface area contributed by atoms with Crippen LogP contribution in [0.15, 0.2) is 30.6 Å². The number of hydrogen-bond donors (Lipinski definition) is 3. The zero-order valence-corrected chi connectivity index (χ0v) is 14.4. The molecule has 0 aliphatic heterocycles. The molecule has 1 aliphatic carbocycles. The van der Waals surface area contributed by atoms with Crippen LogP contribution in [0.25, 0.3) is 11.0 Å². The number of aromatic amines is 1. The number of anilines is 1. The Morgan fingerprint density at radius 3 is 2.86 bits per heavy atom. The van der Waals surface area contributed by atoms with Crippen molar-refractivity contribution in [2.75, 3.05) is 5.32 Å². The number of pyridine rings is 1. The van der Waals surface area contributed by atoms with E-state index in [0.29, 0.717) is 24.9 Å². The zero-order chi connectivity index (χ0) is 19.9. The molecule has 0 saturated carbocycles. The van der Waals surface area contributed by atoms with Crippen molar-refractivity contribution in [2.45, 2.75) is 31.5 Å². The lowest BCUT2D eigenvalue weighted by Gasteiger charge is -2.26. The molecule has 6 nitrogen and oxygen atoms in total. The summed E-state index contributed by atoms with van der Waals surface area (Å²) in [6.07, 6.45) is 0.329. The van der Waals surface area contributed by atoms with E-state index in [0.717, 1.165) is 34.7 Å². The number of H-pyrrole nitrogens is 1. The molecule has 1 unspecified atom stereocenters. The number of carbonyl (C=O) groups excluding carboxylic acids is 1. The Balaban J connectivity index is 1.48. The molecule has 2 heterocycles. The van der Waals surface area contributed by atoms with E-state index < -0.39 is 29.3 Å². The fraction of sp³-hybridized carbons (Fsp3) is 0.278. The normalized spacial score (nSPS) is 16.6. The van der Waals surface area contributed by atoms with Gasteiger partial charge in [-0.25, -0.2) is 14.2 Å². The van der Waals surface area contributed by atoms with Gasteiger partial charge in [0.25, 0.3) is 0 Å².